The first kappa shape index (κ1) is 13.1. The molecule has 1 aromatic rings. The maximum atomic E-state index is 6.10. The van der Waals surface area contributed by atoms with Gasteiger partial charge in [0.15, 0.2) is 0 Å². The van der Waals surface area contributed by atoms with Crippen molar-refractivity contribution in [1.82, 2.24) is 0 Å². The Kier molecular flexibility index (Phi) is 5.43. The lowest BCUT2D eigenvalue weighted by atomic mass is 10.1. The normalized spacial score (nSPS) is 10.2. The van der Waals surface area contributed by atoms with Gasteiger partial charge in [-0.2, -0.15) is 0 Å². The van der Waals surface area contributed by atoms with Gasteiger partial charge in [-0.15, -0.1) is 0 Å². The van der Waals surface area contributed by atoms with Crippen LogP contribution in [0.25, 0.3) is 0 Å². The molecule has 0 saturated heterocycles. The van der Waals surface area contributed by atoms with Gasteiger partial charge in [0.1, 0.15) is 11.5 Å². The Morgan fingerprint density at radius 2 is 1.94 bits per heavy atom. The van der Waals surface area contributed by atoms with E-state index in [-0.39, 0.29) is 0 Å². The summed E-state index contributed by atoms with van der Waals surface area (Å²) in [7, 11) is 3.25. The van der Waals surface area contributed by atoms with Gasteiger partial charge in [0.2, 0.25) is 0 Å². The Morgan fingerprint density at radius 1 is 1.19 bits per heavy atom. The SMILES string of the molecule is COc1cc(Cl)c(OC)c(CCCCN)c1. The molecular formula is C12H18ClNO2. The molecule has 0 amide bonds. The van der Waals surface area contributed by atoms with Gasteiger partial charge >= 0.3 is 0 Å². The minimum atomic E-state index is 0.588. The molecule has 0 bridgehead atoms. The van der Waals surface area contributed by atoms with Crippen LogP contribution in [-0.2, 0) is 6.42 Å². The van der Waals surface area contributed by atoms with Gasteiger partial charge in [-0.05, 0) is 37.4 Å². The molecule has 1 aromatic carbocycles. The van der Waals surface area contributed by atoms with Crippen LogP contribution in [0, 0.1) is 0 Å². The summed E-state index contributed by atoms with van der Waals surface area (Å²) in [4.78, 5) is 0. The molecule has 0 saturated carbocycles. The van der Waals surface area contributed by atoms with Crippen LogP contribution < -0.4 is 15.2 Å². The molecule has 2 N–H and O–H groups in total. The molecule has 0 unspecified atom stereocenters. The first-order valence-corrected chi connectivity index (χ1v) is 5.71. The lowest BCUT2D eigenvalue weighted by molar-refractivity contribution is 0.398. The second kappa shape index (κ2) is 6.61. The van der Waals surface area contributed by atoms with E-state index >= 15 is 0 Å². The molecule has 0 aromatic heterocycles. The number of rotatable bonds is 6. The molecule has 0 fully saturated rings. The van der Waals surface area contributed by atoms with Crippen LogP contribution in [0.2, 0.25) is 5.02 Å². The number of methoxy groups -OCH3 is 2. The highest BCUT2D eigenvalue weighted by Crippen LogP contribution is 2.34. The number of benzene rings is 1. The van der Waals surface area contributed by atoms with E-state index in [1.54, 1.807) is 20.3 Å². The number of nitrogens with two attached hydrogens (primary N) is 1. The molecule has 0 spiro atoms. The Hall–Kier alpha value is -0.930. The van der Waals surface area contributed by atoms with Gasteiger partial charge < -0.3 is 15.2 Å². The zero-order valence-electron chi connectivity index (χ0n) is 9.75. The molecule has 16 heavy (non-hydrogen) atoms. The average molecular weight is 244 g/mol. The van der Waals surface area contributed by atoms with Gasteiger partial charge in [-0.1, -0.05) is 11.6 Å². The summed E-state index contributed by atoms with van der Waals surface area (Å²) in [6.07, 6.45) is 2.92. The van der Waals surface area contributed by atoms with Crippen molar-refractivity contribution in [3.63, 3.8) is 0 Å². The van der Waals surface area contributed by atoms with E-state index < -0.39 is 0 Å². The Morgan fingerprint density at radius 3 is 2.50 bits per heavy atom. The second-order valence-corrected chi connectivity index (χ2v) is 3.95. The molecule has 1 rings (SSSR count). The number of unbranched alkanes of at least 4 members (excludes halogenated alkanes) is 1. The number of halogens is 1. The van der Waals surface area contributed by atoms with Crippen molar-refractivity contribution in [2.24, 2.45) is 5.73 Å². The molecule has 0 radical (unpaired) electrons. The van der Waals surface area contributed by atoms with E-state index in [0.717, 1.165) is 36.3 Å². The van der Waals surface area contributed by atoms with Crippen LogP contribution >= 0.6 is 11.6 Å². The first-order valence-electron chi connectivity index (χ1n) is 5.33. The topological polar surface area (TPSA) is 44.5 Å². The molecule has 0 aliphatic heterocycles. The summed E-state index contributed by atoms with van der Waals surface area (Å²) in [5.74, 6) is 1.49. The third-order valence-corrected chi connectivity index (χ3v) is 2.71. The van der Waals surface area contributed by atoms with Crippen LogP contribution in [0.1, 0.15) is 18.4 Å². The predicted molar refractivity (Wildman–Crippen MR) is 66.5 cm³/mol. The zero-order valence-corrected chi connectivity index (χ0v) is 10.5. The Bertz CT molecular complexity index is 342. The van der Waals surface area contributed by atoms with Crippen molar-refractivity contribution in [3.05, 3.63) is 22.7 Å². The number of hydrogen-bond acceptors (Lipinski definition) is 3. The van der Waals surface area contributed by atoms with E-state index in [4.69, 9.17) is 26.8 Å². The van der Waals surface area contributed by atoms with E-state index in [1.807, 2.05) is 6.07 Å². The van der Waals surface area contributed by atoms with Crippen molar-refractivity contribution in [1.29, 1.82) is 0 Å². The van der Waals surface area contributed by atoms with Crippen molar-refractivity contribution >= 4 is 11.6 Å². The first-order chi connectivity index (χ1) is 7.72. The summed E-state index contributed by atoms with van der Waals surface area (Å²) in [6, 6.07) is 3.72. The molecule has 0 aliphatic carbocycles. The smallest absolute Gasteiger partial charge is 0.140 e. The van der Waals surface area contributed by atoms with Crippen molar-refractivity contribution < 1.29 is 9.47 Å². The van der Waals surface area contributed by atoms with E-state index in [0.29, 0.717) is 11.6 Å². The van der Waals surface area contributed by atoms with Crippen LogP contribution in [0.4, 0.5) is 0 Å². The standard InChI is InChI=1S/C12H18ClNO2/c1-15-10-7-9(5-3-4-6-14)12(16-2)11(13)8-10/h7-8H,3-6,14H2,1-2H3. The average Bonchev–Trinajstić information content (AvgIpc) is 2.29. The molecule has 0 aliphatic rings. The highest BCUT2D eigenvalue weighted by Gasteiger charge is 2.10. The molecular weight excluding hydrogens is 226 g/mol. The summed E-state index contributed by atoms with van der Waals surface area (Å²) in [5, 5.41) is 0.588. The fourth-order valence-electron chi connectivity index (χ4n) is 1.61. The Labute approximate surface area is 101 Å². The van der Waals surface area contributed by atoms with E-state index in [1.165, 1.54) is 0 Å². The number of hydrogen-bond donors (Lipinski definition) is 1. The molecule has 4 heteroatoms. The maximum absolute atomic E-state index is 6.10. The van der Waals surface area contributed by atoms with Crippen LogP contribution in [0.15, 0.2) is 12.1 Å². The molecule has 0 atom stereocenters. The third-order valence-electron chi connectivity index (χ3n) is 2.43. The van der Waals surface area contributed by atoms with E-state index in [9.17, 15) is 0 Å². The third kappa shape index (κ3) is 3.29. The summed E-state index contributed by atoms with van der Waals surface area (Å²) >= 11 is 6.10. The lowest BCUT2D eigenvalue weighted by Gasteiger charge is -2.12. The molecule has 3 nitrogen and oxygen atoms in total. The fourth-order valence-corrected chi connectivity index (χ4v) is 1.92. The fraction of sp³-hybridized carbons (Fsp3) is 0.500. The minimum absolute atomic E-state index is 0.588. The highest BCUT2D eigenvalue weighted by atomic mass is 35.5. The van der Waals surface area contributed by atoms with Gasteiger partial charge in [-0.3, -0.25) is 0 Å². The monoisotopic (exact) mass is 243 g/mol. The maximum Gasteiger partial charge on any atom is 0.140 e. The largest absolute Gasteiger partial charge is 0.497 e. The van der Waals surface area contributed by atoms with Crippen molar-refractivity contribution in [3.8, 4) is 11.5 Å². The minimum Gasteiger partial charge on any atom is -0.497 e. The number of aryl methyl sites for hydroxylation is 1. The van der Waals surface area contributed by atoms with Gasteiger partial charge in [0.05, 0.1) is 19.2 Å². The van der Waals surface area contributed by atoms with Gasteiger partial charge in [-0.25, -0.2) is 0 Å². The summed E-state index contributed by atoms with van der Waals surface area (Å²) in [5.41, 5.74) is 6.54. The number of ether oxygens (including phenoxy) is 2. The summed E-state index contributed by atoms with van der Waals surface area (Å²) in [6.45, 7) is 0.708. The second-order valence-electron chi connectivity index (χ2n) is 3.55. The predicted octanol–water partition coefficient (Wildman–Crippen LogP) is 2.64. The highest BCUT2D eigenvalue weighted by molar-refractivity contribution is 6.32. The van der Waals surface area contributed by atoms with Crippen LogP contribution in [0.5, 0.6) is 11.5 Å². The molecule has 0 heterocycles. The van der Waals surface area contributed by atoms with Crippen molar-refractivity contribution in [2.45, 2.75) is 19.3 Å². The van der Waals surface area contributed by atoms with Gasteiger partial charge in [0.25, 0.3) is 0 Å². The zero-order chi connectivity index (χ0) is 12.0. The lowest BCUT2D eigenvalue weighted by Crippen LogP contribution is -2.00. The van der Waals surface area contributed by atoms with Crippen molar-refractivity contribution in [2.75, 3.05) is 20.8 Å². The Balaban J connectivity index is 2.89. The molecule has 90 valence electrons. The van der Waals surface area contributed by atoms with Crippen LogP contribution in [0.3, 0.4) is 0 Å². The van der Waals surface area contributed by atoms with E-state index in [2.05, 4.69) is 0 Å². The quantitative estimate of drug-likeness (QED) is 0.782. The van der Waals surface area contributed by atoms with Gasteiger partial charge in [0, 0.05) is 6.07 Å². The van der Waals surface area contributed by atoms with Crippen LogP contribution in [-0.4, -0.2) is 20.8 Å². The summed E-state index contributed by atoms with van der Waals surface area (Å²) < 4.78 is 10.5.